The van der Waals surface area contributed by atoms with Crippen LogP contribution in [0.3, 0.4) is 0 Å². The molecule has 1 fully saturated rings. The summed E-state index contributed by atoms with van der Waals surface area (Å²) in [6.45, 7) is 2.99. The van der Waals surface area contributed by atoms with E-state index in [4.69, 9.17) is 17.5 Å². The third kappa shape index (κ3) is 3.27. The Morgan fingerprint density at radius 3 is 2.40 bits per heavy atom. The highest BCUT2D eigenvalue weighted by atomic mass is 32.1. The lowest BCUT2D eigenvalue weighted by Crippen LogP contribution is -2.45. The zero-order valence-electron chi connectivity index (χ0n) is 15.7. The summed E-state index contributed by atoms with van der Waals surface area (Å²) in [6, 6.07) is 10.2. The summed E-state index contributed by atoms with van der Waals surface area (Å²) in [5.41, 5.74) is -3.29. The Bertz CT molecular complexity index is 1120. The van der Waals surface area contributed by atoms with Crippen molar-refractivity contribution < 1.29 is 27.9 Å². The number of thiocarbonyl (C=S) groups is 1. The molecule has 2 aromatic carbocycles. The topological polar surface area (TPSA) is 84.6 Å². The number of alkyl halides is 3. The van der Waals surface area contributed by atoms with Crippen molar-refractivity contribution in [2.24, 2.45) is 0 Å². The quantitative estimate of drug-likeness (QED) is 0.731. The second kappa shape index (κ2) is 7.11. The minimum Gasteiger partial charge on any atom is -0.478 e. The van der Waals surface area contributed by atoms with Crippen LogP contribution in [0.25, 0.3) is 0 Å². The molecule has 10 heteroatoms. The number of para-hydroxylation sites is 1. The first-order valence-electron chi connectivity index (χ1n) is 8.53. The Morgan fingerprint density at radius 1 is 1.20 bits per heavy atom. The molecule has 0 unspecified atom stereocenters. The van der Waals surface area contributed by atoms with Gasteiger partial charge in [-0.1, -0.05) is 12.1 Å². The standard InChI is InChI=1S/C20H14F3N3O3S/c1-19(2)17(29)25(12-8-7-11(10-24)14(9-12)20(21,22)23)18(30)26(19)15-6-4-3-5-13(15)16(27)28/h3-9H,1-2H3,(H,27,28). The van der Waals surface area contributed by atoms with Gasteiger partial charge in [-0.2, -0.15) is 18.4 Å². The number of rotatable bonds is 3. The minimum atomic E-state index is -4.81. The number of aromatic carboxylic acids is 1. The molecule has 3 rings (SSSR count). The second-order valence-corrected chi connectivity index (χ2v) is 7.34. The molecule has 6 nitrogen and oxygen atoms in total. The van der Waals surface area contributed by atoms with Gasteiger partial charge in [0.1, 0.15) is 5.54 Å². The molecule has 0 radical (unpaired) electrons. The van der Waals surface area contributed by atoms with Crippen LogP contribution in [0.2, 0.25) is 0 Å². The zero-order chi connectivity index (χ0) is 22.4. The largest absolute Gasteiger partial charge is 0.478 e. The number of carbonyl (C=O) groups excluding carboxylic acids is 1. The van der Waals surface area contributed by atoms with E-state index in [1.165, 1.54) is 49.1 Å². The van der Waals surface area contributed by atoms with Crippen molar-refractivity contribution in [3.8, 4) is 6.07 Å². The SMILES string of the molecule is CC1(C)C(=O)N(c2ccc(C#N)c(C(F)(F)F)c2)C(=S)N1c1ccccc1C(=O)O. The highest BCUT2D eigenvalue weighted by Crippen LogP contribution is 2.40. The predicted molar refractivity (Wildman–Crippen MR) is 106 cm³/mol. The Kier molecular flexibility index (Phi) is 5.04. The first-order chi connectivity index (χ1) is 13.9. The number of carboxylic acid groups (broad SMARTS) is 1. The molecule has 1 N–H and O–H groups in total. The normalized spacial score (nSPS) is 16.0. The van der Waals surface area contributed by atoms with Gasteiger partial charge in [-0.05, 0) is 56.4 Å². The maximum atomic E-state index is 13.4. The Balaban J connectivity index is 2.17. The fraction of sp³-hybridized carbons (Fsp3) is 0.200. The zero-order valence-corrected chi connectivity index (χ0v) is 16.5. The number of nitrogens with zero attached hydrogens (tertiary/aromatic N) is 3. The van der Waals surface area contributed by atoms with Gasteiger partial charge in [-0.25, -0.2) is 4.79 Å². The number of nitriles is 1. The van der Waals surface area contributed by atoms with Crippen LogP contribution in [0, 0.1) is 11.3 Å². The van der Waals surface area contributed by atoms with Gasteiger partial charge in [-0.3, -0.25) is 9.69 Å². The van der Waals surface area contributed by atoms with Crippen molar-refractivity contribution in [3.63, 3.8) is 0 Å². The smallest absolute Gasteiger partial charge is 0.417 e. The monoisotopic (exact) mass is 433 g/mol. The summed E-state index contributed by atoms with van der Waals surface area (Å²) in [7, 11) is 0. The van der Waals surface area contributed by atoms with Crippen LogP contribution in [0.1, 0.15) is 35.3 Å². The van der Waals surface area contributed by atoms with E-state index in [0.717, 1.165) is 11.0 Å². The molecule has 1 aliphatic rings. The fourth-order valence-corrected chi connectivity index (χ4v) is 3.79. The third-order valence-corrected chi connectivity index (χ3v) is 5.10. The van der Waals surface area contributed by atoms with Crippen LogP contribution in [-0.2, 0) is 11.0 Å². The number of halogens is 3. The van der Waals surface area contributed by atoms with Gasteiger partial charge in [0.25, 0.3) is 5.91 Å². The van der Waals surface area contributed by atoms with Crippen molar-refractivity contribution in [2.75, 3.05) is 9.80 Å². The van der Waals surface area contributed by atoms with Crippen molar-refractivity contribution in [1.29, 1.82) is 5.26 Å². The molecule has 1 aliphatic heterocycles. The van der Waals surface area contributed by atoms with Crippen LogP contribution >= 0.6 is 12.2 Å². The summed E-state index contributed by atoms with van der Waals surface area (Å²) in [5, 5.41) is 18.3. The molecule has 0 saturated carbocycles. The molecular weight excluding hydrogens is 419 g/mol. The van der Waals surface area contributed by atoms with Crippen LogP contribution < -0.4 is 9.80 Å². The third-order valence-electron chi connectivity index (χ3n) is 4.73. The van der Waals surface area contributed by atoms with Crippen LogP contribution in [0.15, 0.2) is 42.5 Å². The predicted octanol–water partition coefficient (Wildman–Crippen LogP) is 4.19. The highest BCUT2D eigenvalue weighted by Gasteiger charge is 2.51. The number of hydrogen-bond donors (Lipinski definition) is 1. The van der Waals surface area contributed by atoms with Gasteiger partial charge < -0.3 is 10.0 Å². The Morgan fingerprint density at radius 2 is 1.83 bits per heavy atom. The number of carboxylic acids is 1. The van der Waals surface area contributed by atoms with Gasteiger partial charge >= 0.3 is 12.1 Å². The number of benzene rings is 2. The molecule has 1 heterocycles. The van der Waals surface area contributed by atoms with E-state index in [1.54, 1.807) is 6.07 Å². The summed E-state index contributed by atoms with van der Waals surface area (Å²) in [4.78, 5) is 27.0. The van der Waals surface area contributed by atoms with Gasteiger partial charge in [0, 0.05) is 0 Å². The van der Waals surface area contributed by atoms with Crippen LogP contribution in [0.5, 0.6) is 0 Å². The van der Waals surface area contributed by atoms with Gasteiger partial charge in [0.15, 0.2) is 5.11 Å². The van der Waals surface area contributed by atoms with E-state index >= 15 is 0 Å². The lowest BCUT2D eigenvalue weighted by molar-refractivity contribution is -0.137. The molecule has 1 amide bonds. The molecule has 30 heavy (non-hydrogen) atoms. The van der Waals surface area contributed by atoms with Crippen molar-refractivity contribution in [3.05, 3.63) is 59.2 Å². The summed E-state index contributed by atoms with van der Waals surface area (Å²) < 4.78 is 40.1. The van der Waals surface area contributed by atoms with Crippen molar-refractivity contribution in [2.45, 2.75) is 25.6 Å². The molecule has 0 aliphatic carbocycles. The average molecular weight is 433 g/mol. The van der Waals surface area contributed by atoms with E-state index in [0.29, 0.717) is 6.07 Å². The lowest BCUT2D eigenvalue weighted by atomic mass is 10.0. The number of carbonyl (C=O) groups is 2. The molecule has 154 valence electrons. The fourth-order valence-electron chi connectivity index (χ4n) is 3.28. The molecule has 0 bridgehead atoms. The first-order valence-corrected chi connectivity index (χ1v) is 8.94. The van der Waals surface area contributed by atoms with Crippen LogP contribution in [-0.4, -0.2) is 27.6 Å². The van der Waals surface area contributed by atoms with Gasteiger partial charge in [0.2, 0.25) is 0 Å². The van der Waals surface area contributed by atoms with Crippen molar-refractivity contribution >= 4 is 40.6 Å². The van der Waals surface area contributed by atoms with E-state index in [9.17, 15) is 27.9 Å². The van der Waals surface area contributed by atoms with E-state index in [-0.39, 0.29) is 22.1 Å². The van der Waals surface area contributed by atoms with Crippen molar-refractivity contribution in [1.82, 2.24) is 0 Å². The van der Waals surface area contributed by atoms with E-state index in [2.05, 4.69) is 0 Å². The number of anilines is 2. The Hall–Kier alpha value is -3.45. The second-order valence-electron chi connectivity index (χ2n) is 6.98. The van der Waals surface area contributed by atoms with E-state index < -0.39 is 34.7 Å². The lowest BCUT2D eigenvalue weighted by Gasteiger charge is -2.30. The summed E-state index contributed by atoms with van der Waals surface area (Å²) in [5.74, 6) is -1.88. The van der Waals surface area contributed by atoms with Gasteiger partial charge in [0.05, 0.1) is 34.1 Å². The molecule has 2 aromatic rings. The maximum absolute atomic E-state index is 13.4. The average Bonchev–Trinajstić information content (AvgIpc) is 2.84. The molecule has 1 saturated heterocycles. The maximum Gasteiger partial charge on any atom is 0.417 e. The molecule has 0 aromatic heterocycles. The molecule has 0 spiro atoms. The summed E-state index contributed by atoms with van der Waals surface area (Å²) >= 11 is 5.39. The van der Waals surface area contributed by atoms with Gasteiger partial charge in [-0.15, -0.1) is 0 Å². The first kappa shape index (κ1) is 21.3. The Labute approximate surface area is 174 Å². The van der Waals surface area contributed by atoms with E-state index in [1.807, 2.05) is 0 Å². The van der Waals surface area contributed by atoms with Crippen LogP contribution in [0.4, 0.5) is 24.5 Å². The minimum absolute atomic E-state index is 0.113. The number of amides is 1. The summed E-state index contributed by atoms with van der Waals surface area (Å²) in [6.07, 6.45) is -4.81. The number of hydrogen-bond acceptors (Lipinski definition) is 4. The molecular formula is C20H14F3N3O3S. The molecule has 0 atom stereocenters. The highest BCUT2D eigenvalue weighted by molar-refractivity contribution is 7.81.